The molecule has 1 saturated carbocycles. The van der Waals surface area contributed by atoms with Gasteiger partial charge < -0.3 is 25.0 Å². The van der Waals surface area contributed by atoms with Crippen LogP contribution in [0.25, 0.3) is 32.1 Å². The number of amides is 1. The number of anilines is 2. The second-order valence-electron chi connectivity index (χ2n) is 15.3. The van der Waals surface area contributed by atoms with Gasteiger partial charge in [-0.25, -0.2) is 13.2 Å². The highest BCUT2D eigenvalue weighted by Crippen LogP contribution is 2.51. The van der Waals surface area contributed by atoms with E-state index in [2.05, 4.69) is 15.2 Å². The minimum absolute atomic E-state index is 0.0181. The summed E-state index contributed by atoms with van der Waals surface area (Å²) in [7, 11) is 0. The van der Waals surface area contributed by atoms with Crippen LogP contribution in [0.1, 0.15) is 44.1 Å². The predicted molar refractivity (Wildman–Crippen MR) is 194 cm³/mol. The Morgan fingerprint density at radius 3 is 2.85 bits per heavy atom. The Hall–Kier alpha value is -4.10. The van der Waals surface area contributed by atoms with Gasteiger partial charge >= 0.3 is 6.01 Å². The maximum Gasteiger partial charge on any atom is 0.319 e. The number of alkyl halides is 1. The molecule has 276 valence electrons. The van der Waals surface area contributed by atoms with Crippen molar-refractivity contribution >= 4 is 60.7 Å². The van der Waals surface area contributed by atoms with Gasteiger partial charge in [-0.3, -0.25) is 15.0 Å². The average Bonchev–Trinajstić information content (AvgIpc) is 4.04. The van der Waals surface area contributed by atoms with Crippen molar-refractivity contribution in [3.8, 4) is 29.0 Å². The van der Waals surface area contributed by atoms with E-state index in [0.717, 1.165) is 43.6 Å². The van der Waals surface area contributed by atoms with Crippen molar-refractivity contribution in [2.75, 3.05) is 56.6 Å². The molecule has 2 aromatic carbocycles. The number of carbonyl (C=O) groups is 1. The molecule has 2 aromatic heterocycles. The van der Waals surface area contributed by atoms with Crippen molar-refractivity contribution in [1.29, 1.82) is 5.26 Å². The lowest BCUT2D eigenvalue weighted by atomic mass is 9.95. The van der Waals surface area contributed by atoms with Crippen molar-refractivity contribution in [2.24, 2.45) is 5.92 Å². The first-order valence-electron chi connectivity index (χ1n) is 18.3. The molecule has 5 atom stereocenters. The van der Waals surface area contributed by atoms with Crippen LogP contribution in [-0.4, -0.2) is 101 Å². The molecule has 4 saturated heterocycles. The number of hydrogen-bond donors (Lipinski definition) is 2. The quantitative estimate of drug-likeness (QED) is 0.245. The molecule has 3 N–H and O–H groups in total. The highest BCUT2D eigenvalue weighted by atomic mass is 35.5. The molecular weight excluding hydrogens is 729 g/mol. The number of nitriles is 1. The number of ether oxygens (including phenoxy) is 2. The van der Waals surface area contributed by atoms with E-state index in [0.29, 0.717) is 50.8 Å². The summed E-state index contributed by atoms with van der Waals surface area (Å²) in [4.78, 5) is 29.3. The summed E-state index contributed by atoms with van der Waals surface area (Å²) >= 11 is 8.03. The standard InChI is InChI=1S/C37H36ClF3N8O3S/c38-26-24(20-5-6-22(40)32-23(20)21(12-42)33(43)53-32)27(41)29-25-31(26)51-15-19-14-47(35(50)30-28(44-30)17-3-4-17)8-2-10-49(19)34(25)46-36(45-29)52-16-37-7-1-9-48(37)13-18(39)11-37/h5-6,17-19,28,30,44H,1-4,7-11,13-16,43H2/t18-,19?,28+,30-,37+/m1/s1. The lowest BCUT2D eigenvalue weighted by molar-refractivity contribution is -0.130. The molecule has 1 unspecified atom stereocenters. The second kappa shape index (κ2) is 12.2. The summed E-state index contributed by atoms with van der Waals surface area (Å²) in [5, 5.41) is 13.8. The summed E-state index contributed by atoms with van der Waals surface area (Å²) in [6.07, 6.45) is 3.98. The molecule has 5 aliphatic heterocycles. The molecule has 1 aliphatic carbocycles. The van der Waals surface area contributed by atoms with Crippen LogP contribution < -0.4 is 25.4 Å². The van der Waals surface area contributed by atoms with E-state index in [1.165, 1.54) is 12.1 Å². The van der Waals surface area contributed by atoms with Gasteiger partial charge in [0.25, 0.3) is 0 Å². The molecule has 7 heterocycles. The summed E-state index contributed by atoms with van der Waals surface area (Å²) in [6.45, 7) is 2.75. The molecule has 11 nitrogen and oxygen atoms in total. The zero-order valence-corrected chi connectivity index (χ0v) is 30.2. The van der Waals surface area contributed by atoms with Gasteiger partial charge in [-0.15, -0.1) is 11.3 Å². The van der Waals surface area contributed by atoms with Crippen LogP contribution in [0.3, 0.4) is 0 Å². The maximum absolute atomic E-state index is 17.4. The molecule has 10 rings (SSSR count). The van der Waals surface area contributed by atoms with Crippen molar-refractivity contribution in [2.45, 2.75) is 68.4 Å². The minimum Gasteiger partial charge on any atom is -0.489 e. The zero-order valence-electron chi connectivity index (χ0n) is 28.6. The number of aromatic nitrogens is 2. The van der Waals surface area contributed by atoms with Crippen LogP contribution >= 0.6 is 22.9 Å². The fourth-order valence-electron chi connectivity index (χ4n) is 9.33. The van der Waals surface area contributed by atoms with Gasteiger partial charge in [0.05, 0.1) is 32.3 Å². The van der Waals surface area contributed by atoms with Crippen LogP contribution in [0.2, 0.25) is 5.02 Å². The van der Waals surface area contributed by atoms with Crippen molar-refractivity contribution in [1.82, 2.24) is 25.1 Å². The molecule has 16 heteroatoms. The number of fused-ring (bicyclic) bond motifs is 4. The maximum atomic E-state index is 17.4. The molecule has 0 radical (unpaired) electrons. The third-order valence-electron chi connectivity index (χ3n) is 12.1. The summed E-state index contributed by atoms with van der Waals surface area (Å²) in [5.41, 5.74) is 5.57. The summed E-state index contributed by atoms with van der Waals surface area (Å²) < 4.78 is 60.1. The largest absolute Gasteiger partial charge is 0.489 e. The first-order valence-corrected chi connectivity index (χ1v) is 19.4. The smallest absolute Gasteiger partial charge is 0.319 e. The molecule has 1 amide bonds. The molecule has 4 aromatic rings. The van der Waals surface area contributed by atoms with Gasteiger partial charge in [0, 0.05) is 49.6 Å². The third kappa shape index (κ3) is 5.23. The monoisotopic (exact) mass is 764 g/mol. The number of carbonyl (C=O) groups excluding carboxylic acids is 1. The first-order chi connectivity index (χ1) is 25.7. The summed E-state index contributed by atoms with van der Waals surface area (Å²) in [5.74, 6) is -0.293. The number of nitrogens with zero attached hydrogens (tertiary/aromatic N) is 6. The number of halogens is 4. The second-order valence-corrected chi connectivity index (χ2v) is 16.7. The molecular formula is C37H36ClF3N8O3S. The summed E-state index contributed by atoms with van der Waals surface area (Å²) in [6, 6.07) is 4.22. The van der Waals surface area contributed by atoms with Gasteiger partial charge in [-0.05, 0) is 56.2 Å². The number of benzene rings is 2. The van der Waals surface area contributed by atoms with E-state index < -0.39 is 23.3 Å². The van der Waals surface area contributed by atoms with E-state index in [1.54, 1.807) is 0 Å². The number of nitrogen functional groups attached to an aromatic ring is 1. The Labute approximate surface area is 311 Å². The Kier molecular flexibility index (Phi) is 7.71. The molecule has 6 aliphatic rings. The van der Waals surface area contributed by atoms with E-state index in [1.807, 2.05) is 15.9 Å². The SMILES string of the molecule is N#Cc1c(N)sc2c(F)ccc(-c3c(Cl)c4c5c(nc(OC[C@@]67CCCN6C[C@H](F)C7)nc5c3F)N3CCCN(C(=O)[C@@H]5N[C@H]5C5CC5)CC3CO4)c12. The number of rotatable bonds is 6. The Bertz CT molecular complexity index is 2270. The van der Waals surface area contributed by atoms with Gasteiger partial charge in [-0.2, -0.15) is 15.2 Å². The fraction of sp³-hybridized carbons (Fsp3) is 0.514. The molecule has 0 spiro atoms. The van der Waals surface area contributed by atoms with Crippen LogP contribution in [0, 0.1) is 28.9 Å². The fourth-order valence-corrected chi connectivity index (χ4v) is 10.6. The normalized spacial score (nSPS) is 28.0. The molecule has 5 fully saturated rings. The van der Waals surface area contributed by atoms with Gasteiger partial charge in [0.15, 0.2) is 11.6 Å². The lowest BCUT2D eigenvalue weighted by Gasteiger charge is -2.32. The van der Waals surface area contributed by atoms with Gasteiger partial charge in [0.2, 0.25) is 5.91 Å². The van der Waals surface area contributed by atoms with Crippen LogP contribution in [-0.2, 0) is 4.79 Å². The van der Waals surface area contributed by atoms with E-state index >= 15 is 8.78 Å². The molecule has 0 bridgehead atoms. The van der Waals surface area contributed by atoms with E-state index in [-0.39, 0.29) is 96.7 Å². The number of thiophene rings is 1. The average molecular weight is 765 g/mol. The van der Waals surface area contributed by atoms with E-state index in [4.69, 9.17) is 31.8 Å². The first kappa shape index (κ1) is 33.5. The number of nitrogens with two attached hydrogens (primary N) is 1. The lowest BCUT2D eigenvalue weighted by Crippen LogP contribution is -2.47. The zero-order chi connectivity index (χ0) is 36.3. The van der Waals surface area contributed by atoms with Crippen LogP contribution in [0.5, 0.6) is 11.8 Å². The Morgan fingerprint density at radius 2 is 2.04 bits per heavy atom. The van der Waals surface area contributed by atoms with Gasteiger partial charge in [-0.1, -0.05) is 17.7 Å². The highest BCUT2D eigenvalue weighted by Gasteiger charge is 2.53. The number of nitrogens with one attached hydrogen (secondary N) is 1. The molecule has 53 heavy (non-hydrogen) atoms. The van der Waals surface area contributed by atoms with Crippen molar-refractivity contribution in [3.05, 3.63) is 34.4 Å². The van der Waals surface area contributed by atoms with Crippen molar-refractivity contribution < 1.29 is 27.4 Å². The third-order valence-corrected chi connectivity index (χ3v) is 13.5. The predicted octanol–water partition coefficient (Wildman–Crippen LogP) is 5.40. The highest BCUT2D eigenvalue weighted by molar-refractivity contribution is 7.23. The van der Waals surface area contributed by atoms with E-state index in [9.17, 15) is 14.4 Å². The number of hydrogen-bond acceptors (Lipinski definition) is 11. The Morgan fingerprint density at radius 1 is 1.19 bits per heavy atom. The van der Waals surface area contributed by atoms with Crippen LogP contribution in [0.15, 0.2) is 12.1 Å². The van der Waals surface area contributed by atoms with Gasteiger partial charge in [0.1, 0.15) is 53.6 Å². The topological polar surface area (TPSA) is 143 Å². The Balaban J connectivity index is 1.11. The minimum atomic E-state index is -0.964. The van der Waals surface area contributed by atoms with Crippen LogP contribution in [0.4, 0.5) is 24.0 Å². The van der Waals surface area contributed by atoms with Crippen molar-refractivity contribution in [3.63, 3.8) is 0 Å².